The molecule has 4 rings (SSSR count). The van der Waals surface area contributed by atoms with E-state index in [4.69, 9.17) is 16.3 Å². The largest absolute Gasteiger partial charge is 0.481 e. The fourth-order valence-corrected chi connectivity index (χ4v) is 4.50. The lowest BCUT2D eigenvalue weighted by molar-refractivity contribution is -0.137. The Kier molecular flexibility index (Phi) is 6.54. The number of methoxy groups -OCH3 is 1. The van der Waals surface area contributed by atoms with Crippen molar-refractivity contribution in [2.75, 3.05) is 7.11 Å². The van der Waals surface area contributed by atoms with E-state index in [9.17, 15) is 13.2 Å². The molecule has 34 heavy (non-hydrogen) atoms. The van der Waals surface area contributed by atoms with Crippen LogP contribution < -0.4 is 4.74 Å². The van der Waals surface area contributed by atoms with E-state index < -0.39 is 11.7 Å². The summed E-state index contributed by atoms with van der Waals surface area (Å²) in [5, 5.41) is 1.25. The summed E-state index contributed by atoms with van der Waals surface area (Å²) < 4.78 is 44.2. The Hall–Kier alpha value is -3.12. The second kappa shape index (κ2) is 9.26. The predicted molar refractivity (Wildman–Crippen MR) is 129 cm³/mol. The van der Waals surface area contributed by atoms with Crippen LogP contribution in [0.2, 0.25) is 5.02 Å². The number of rotatable bonds is 5. The third-order valence-electron chi connectivity index (χ3n) is 6.09. The molecule has 1 unspecified atom stereocenters. The number of hydrogen-bond donors (Lipinski definition) is 0. The highest BCUT2D eigenvalue weighted by atomic mass is 35.5. The molecule has 3 nitrogen and oxygen atoms in total. The van der Waals surface area contributed by atoms with Crippen molar-refractivity contribution >= 4 is 22.5 Å². The Balaban J connectivity index is 1.75. The first-order valence-electron chi connectivity index (χ1n) is 10.8. The molecule has 2 heterocycles. The number of aromatic nitrogens is 2. The summed E-state index contributed by atoms with van der Waals surface area (Å²) in [4.78, 5) is 9.19. The Morgan fingerprint density at radius 1 is 0.971 bits per heavy atom. The fraction of sp³-hybridized carbons (Fsp3) is 0.259. The summed E-state index contributed by atoms with van der Waals surface area (Å²) in [5.74, 6) is 0.450. The van der Waals surface area contributed by atoms with Crippen LogP contribution in [0.15, 0.2) is 54.6 Å². The molecule has 0 bridgehead atoms. The van der Waals surface area contributed by atoms with Gasteiger partial charge in [0.25, 0.3) is 0 Å². The van der Waals surface area contributed by atoms with Gasteiger partial charge in [-0.1, -0.05) is 42.8 Å². The Labute approximate surface area is 201 Å². The number of halogens is 4. The molecule has 2 aromatic carbocycles. The summed E-state index contributed by atoms with van der Waals surface area (Å²) in [6, 6.07) is 15.1. The number of hydrogen-bond acceptors (Lipinski definition) is 3. The van der Waals surface area contributed by atoms with Crippen LogP contribution in [0, 0.1) is 13.8 Å². The number of fused-ring (bicyclic) bond motifs is 1. The van der Waals surface area contributed by atoms with Gasteiger partial charge < -0.3 is 4.74 Å². The molecule has 0 saturated carbocycles. The summed E-state index contributed by atoms with van der Waals surface area (Å²) in [7, 11) is 1.50. The van der Waals surface area contributed by atoms with Crippen LogP contribution >= 0.6 is 11.6 Å². The van der Waals surface area contributed by atoms with E-state index in [1.807, 2.05) is 38.1 Å². The number of pyridine rings is 2. The second-order valence-corrected chi connectivity index (χ2v) is 8.79. The Morgan fingerprint density at radius 3 is 2.29 bits per heavy atom. The van der Waals surface area contributed by atoms with Gasteiger partial charge in [0.2, 0.25) is 5.88 Å². The normalized spacial score (nSPS) is 12.7. The van der Waals surface area contributed by atoms with Crippen molar-refractivity contribution in [3.8, 4) is 5.88 Å². The highest BCUT2D eigenvalue weighted by Gasteiger charge is 2.30. The zero-order valence-corrected chi connectivity index (χ0v) is 20.1. The van der Waals surface area contributed by atoms with Gasteiger partial charge in [0, 0.05) is 34.7 Å². The summed E-state index contributed by atoms with van der Waals surface area (Å²) in [6.07, 6.45) is -4.08. The van der Waals surface area contributed by atoms with Gasteiger partial charge >= 0.3 is 6.18 Å². The number of nitrogens with zero attached hydrogens (tertiary/aromatic N) is 2. The number of alkyl halides is 3. The lowest BCUT2D eigenvalue weighted by atomic mass is 9.90. The minimum Gasteiger partial charge on any atom is -0.481 e. The maximum atomic E-state index is 12.9. The van der Waals surface area contributed by atoms with Crippen molar-refractivity contribution in [2.45, 2.75) is 39.3 Å². The highest BCUT2D eigenvalue weighted by Crippen LogP contribution is 2.37. The second-order valence-electron chi connectivity index (χ2n) is 8.41. The highest BCUT2D eigenvalue weighted by molar-refractivity contribution is 6.36. The van der Waals surface area contributed by atoms with Gasteiger partial charge in [0.15, 0.2) is 0 Å². The maximum Gasteiger partial charge on any atom is 0.416 e. The van der Waals surface area contributed by atoms with Gasteiger partial charge in [0.1, 0.15) is 0 Å². The molecule has 0 aliphatic heterocycles. The molecule has 4 aromatic rings. The average Bonchev–Trinajstić information content (AvgIpc) is 2.80. The number of benzene rings is 2. The lowest BCUT2D eigenvalue weighted by Crippen LogP contribution is -2.05. The molecule has 0 saturated heterocycles. The number of aryl methyl sites for hydroxylation is 2. The molecule has 0 N–H and O–H groups in total. The Bertz CT molecular complexity index is 1350. The average molecular weight is 485 g/mol. The molecule has 7 heteroatoms. The van der Waals surface area contributed by atoms with Crippen molar-refractivity contribution in [1.82, 2.24) is 9.97 Å². The van der Waals surface area contributed by atoms with Gasteiger partial charge in [-0.25, -0.2) is 4.98 Å². The van der Waals surface area contributed by atoms with Crippen molar-refractivity contribution < 1.29 is 17.9 Å². The maximum absolute atomic E-state index is 12.9. The van der Waals surface area contributed by atoms with Crippen LogP contribution in [0.5, 0.6) is 5.88 Å². The van der Waals surface area contributed by atoms with E-state index in [0.717, 1.165) is 40.0 Å². The van der Waals surface area contributed by atoms with Gasteiger partial charge in [-0.15, -0.1) is 0 Å². The summed E-state index contributed by atoms with van der Waals surface area (Å²) in [6.45, 7) is 6.09. The minimum atomic E-state index is -4.38. The molecule has 1 atom stereocenters. The van der Waals surface area contributed by atoms with E-state index >= 15 is 0 Å². The van der Waals surface area contributed by atoms with Crippen molar-refractivity contribution in [2.24, 2.45) is 0 Å². The first-order chi connectivity index (χ1) is 16.1. The molecule has 176 valence electrons. The quantitative estimate of drug-likeness (QED) is 0.291. The van der Waals surface area contributed by atoms with Crippen LogP contribution in [0.3, 0.4) is 0 Å². The Morgan fingerprint density at radius 2 is 1.68 bits per heavy atom. The SMILES string of the molecule is COc1nc2ccc(C(C)c3ccc(C)nc3C)cc2c(Cl)c1Cc1ccc(C(F)(F)F)cc1. The van der Waals surface area contributed by atoms with E-state index in [1.54, 1.807) is 0 Å². The smallest absolute Gasteiger partial charge is 0.416 e. The topological polar surface area (TPSA) is 35.0 Å². The van der Waals surface area contributed by atoms with Gasteiger partial charge in [-0.2, -0.15) is 13.2 Å². The zero-order valence-electron chi connectivity index (χ0n) is 19.3. The van der Waals surface area contributed by atoms with Crippen molar-refractivity contribution in [3.63, 3.8) is 0 Å². The molecular formula is C27H24ClF3N2O. The van der Waals surface area contributed by atoms with Gasteiger partial charge in [-0.3, -0.25) is 4.98 Å². The zero-order chi connectivity index (χ0) is 24.6. The van der Waals surface area contributed by atoms with E-state index in [0.29, 0.717) is 34.0 Å². The summed E-state index contributed by atoms with van der Waals surface area (Å²) in [5.41, 5.74) is 5.46. The first kappa shape index (κ1) is 24.0. The lowest BCUT2D eigenvalue weighted by Gasteiger charge is -2.17. The molecular weight excluding hydrogens is 461 g/mol. The molecule has 0 aliphatic rings. The van der Waals surface area contributed by atoms with Gasteiger partial charge in [0.05, 0.1) is 23.2 Å². The first-order valence-corrected chi connectivity index (χ1v) is 11.2. The molecule has 0 aliphatic carbocycles. The third-order valence-corrected chi connectivity index (χ3v) is 6.52. The molecule has 2 aromatic heterocycles. The van der Waals surface area contributed by atoms with E-state index in [1.165, 1.54) is 19.2 Å². The fourth-order valence-electron chi connectivity index (χ4n) is 4.20. The van der Waals surface area contributed by atoms with E-state index in [-0.39, 0.29) is 5.92 Å². The molecule has 0 fully saturated rings. The van der Waals surface area contributed by atoms with E-state index in [2.05, 4.69) is 23.0 Å². The van der Waals surface area contributed by atoms with Crippen LogP contribution in [-0.2, 0) is 12.6 Å². The minimum absolute atomic E-state index is 0.0917. The van der Waals surface area contributed by atoms with Crippen molar-refractivity contribution in [1.29, 1.82) is 0 Å². The summed E-state index contributed by atoms with van der Waals surface area (Å²) >= 11 is 6.84. The molecule has 0 amide bonds. The molecule has 0 radical (unpaired) electrons. The van der Waals surface area contributed by atoms with Crippen molar-refractivity contribution in [3.05, 3.63) is 98.8 Å². The number of ether oxygens (including phenoxy) is 1. The van der Waals surface area contributed by atoms with Crippen LogP contribution in [0.25, 0.3) is 10.9 Å². The predicted octanol–water partition coefficient (Wildman–Crippen LogP) is 7.67. The van der Waals surface area contributed by atoms with Crippen LogP contribution in [0.1, 0.15) is 52.0 Å². The van der Waals surface area contributed by atoms with Crippen LogP contribution in [0.4, 0.5) is 13.2 Å². The van der Waals surface area contributed by atoms with Crippen LogP contribution in [-0.4, -0.2) is 17.1 Å². The third kappa shape index (κ3) is 4.73. The monoisotopic (exact) mass is 484 g/mol. The van der Waals surface area contributed by atoms with Gasteiger partial charge in [-0.05, 0) is 60.9 Å². The standard InChI is InChI=1S/C27H24ClF3N2O/c1-15-5-11-21(17(3)32-15)16(2)19-8-12-24-22(14-19)25(28)23(26(33-24)34-4)13-18-6-9-20(10-7-18)27(29,30)31/h5-12,14,16H,13H2,1-4H3. The molecule has 0 spiro atoms.